The molecule has 1 aliphatic carbocycles. The highest BCUT2D eigenvalue weighted by Crippen LogP contribution is 2.48. The van der Waals surface area contributed by atoms with Gasteiger partial charge in [0.2, 0.25) is 11.8 Å². The van der Waals surface area contributed by atoms with E-state index in [4.69, 9.17) is 5.73 Å². The largest absolute Gasteiger partial charge is 0.378 e. The molecule has 2 aromatic carbocycles. The molecule has 4 aliphatic rings. The van der Waals surface area contributed by atoms with Crippen molar-refractivity contribution in [2.75, 3.05) is 61.9 Å². The van der Waals surface area contributed by atoms with Gasteiger partial charge in [0, 0.05) is 50.6 Å². The normalized spacial score (nSPS) is 23.0. The maximum atomic E-state index is 14.2. The zero-order chi connectivity index (χ0) is 31.9. The minimum Gasteiger partial charge on any atom is -0.378 e. The van der Waals surface area contributed by atoms with E-state index in [1.54, 1.807) is 0 Å². The van der Waals surface area contributed by atoms with Gasteiger partial charge in [-0.1, -0.05) is 44.5 Å². The van der Waals surface area contributed by atoms with E-state index < -0.39 is 11.6 Å². The van der Waals surface area contributed by atoms with Crippen molar-refractivity contribution in [3.05, 3.63) is 65.4 Å². The molecule has 2 saturated heterocycles. The maximum Gasteiger partial charge on any atom is 0.242 e. The third-order valence-corrected chi connectivity index (χ3v) is 10.4. The minimum atomic E-state index is -0.686. The molecule has 1 atom stereocenters. The second kappa shape index (κ2) is 12.2. The third kappa shape index (κ3) is 5.94. The molecule has 0 saturated carbocycles. The molecule has 240 valence electrons. The second-order valence-corrected chi connectivity index (χ2v) is 14.3. The molecule has 2 amide bonds. The molecule has 3 N–H and O–H groups in total. The summed E-state index contributed by atoms with van der Waals surface area (Å²) < 4.78 is 0. The molecule has 0 spiro atoms. The fourth-order valence-electron chi connectivity index (χ4n) is 7.94. The number of ketones is 1. The van der Waals surface area contributed by atoms with Gasteiger partial charge in [-0.3, -0.25) is 19.3 Å². The first-order valence-corrected chi connectivity index (χ1v) is 16.5. The summed E-state index contributed by atoms with van der Waals surface area (Å²) in [7, 11) is 4.02. The van der Waals surface area contributed by atoms with Gasteiger partial charge in [0.1, 0.15) is 5.54 Å². The van der Waals surface area contributed by atoms with Gasteiger partial charge in [0.05, 0.1) is 24.0 Å². The van der Waals surface area contributed by atoms with Gasteiger partial charge in [-0.25, -0.2) is 0 Å². The fourth-order valence-corrected chi connectivity index (χ4v) is 7.94. The van der Waals surface area contributed by atoms with Crippen LogP contribution in [0.5, 0.6) is 0 Å². The Morgan fingerprint density at radius 2 is 1.60 bits per heavy atom. The molecule has 9 heteroatoms. The van der Waals surface area contributed by atoms with E-state index in [2.05, 4.69) is 58.1 Å². The SMILES string of the molecule is CN(C)c1ccc(C2C3=C(CC(C)(C)CC3=O)Nc3ccccc3N2CC(=O)N2CCC(C(N)=O)(N3CCCCC3)CC2)cc1. The molecule has 0 bridgehead atoms. The van der Waals surface area contributed by atoms with E-state index in [0.29, 0.717) is 32.4 Å². The topological polar surface area (TPSA) is 102 Å². The van der Waals surface area contributed by atoms with E-state index in [9.17, 15) is 14.4 Å². The number of hydrogen-bond acceptors (Lipinski definition) is 7. The number of primary amides is 1. The van der Waals surface area contributed by atoms with E-state index in [1.807, 2.05) is 43.3 Å². The van der Waals surface area contributed by atoms with Crippen LogP contribution in [0.25, 0.3) is 0 Å². The van der Waals surface area contributed by atoms with Gasteiger partial charge in [0.15, 0.2) is 5.78 Å². The quantitative estimate of drug-likeness (QED) is 0.488. The summed E-state index contributed by atoms with van der Waals surface area (Å²) in [6, 6.07) is 15.9. The van der Waals surface area contributed by atoms with Crippen LogP contribution in [-0.2, 0) is 14.4 Å². The summed E-state index contributed by atoms with van der Waals surface area (Å²) >= 11 is 0. The number of Topliss-reactive ketones (excluding diaryl/α,β-unsaturated/α-hetero) is 1. The number of carbonyl (C=O) groups is 3. The summed E-state index contributed by atoms with van der Waals surface area (Å²) in [6.45, 7) is 7.11. The van der Waals surface area contributed by atoms with Gasteiger partial charge in [-0.05, 0) is 80.4 Å². The van der Waals surface area contributed by atoms with E-state index in [1.165, 1.54) is 6.42 Å². The molecular formula is C36H48N6O3. The summed E-state index contributed by atoms with van der Waals surface area (Å²) in [5.41, 5.74) is 10.7. The Kier molecular flexibility index (Phi) is 8.41. The van der Waals surface area contributed by atoms with Gasteiger partial charge in [-0.15, -0.1) is 0 Å². The maximum absolute atomic E-state index is 14.2. The second-order valence-electron chi connectivity index (χ2n) is 14.3. The molecule has 0 aromatic heterocycles. The summed E-state index contributed by atoms with van der Waals surface area (Å²) in [5.74, 6) is -0.168. The van der Waals surface area contributed by atoms with Crippen molar-refractivity contribution >= 4 is 34.7 Å². The molecule has 9 nitrogen and oxygen atoms in total. The summed E-state index contributed by atoms with van der Waals surface area (Å²) in [6.07, 6.45) is 5.62. The number of rotatable bonds is 6. The zero-order valence-electron chi connectivity index (χ0n) is 27.3. The number of amides is 2. The molecule has 2 fully saturated rings. The third-order valence-electron chi connectivity index (χ3n) is 10.4. The molecule has 3 aliphatic heterocycles. The minimum absolute atomic E-state index is 0.0101. The average Bonchev–Trinajstić information content (AvgIpc) is 3.15. The van der Waals surface area contributed by atoms with Crippen molar-refractivity contribution in [2.24, 2.45) is 11.1 Å². The number of benzene rings is 2. The van der Waals surface area contributed by atoms with Crippen LogP contribution in [0.2, 0.25) is 0 Å². The Bertz CT molecular complexity index is 1480. The number of nitrogens with zero attached hydrogens (tertiary/aromatic N) is 4. The summed E-state index contributed by atoms with van der Waals surface area (Å²) in [4.78, 5) is 49.5. The number of piperidine rings is 2. The number of fused-ring (bicyclic) bond motifs is 1. The lowest BCUT2D eigenvalue weighted by Gasteiger charge is -2.48. The van der Waals surface area contributed by atoms with Crippen LogP contribution in [0, 0.1) is 5.41 Å². The van der Waals surface area contributed by atoms with Crippen LogP contribution >= 0.6 is 0 Å². The number of nitrogens with two attached hydrogens (primary N) is 1. The van der Waals surface area contributed by atoms with Crippen molar-refractivity contribution in [1.82, 2.24) is 9.80 Å². The number of anilines is 3. The van der Waals surface area contributed by atoms with Crippen molar-refractivity contribution in [3.63, 3.8) is 0 Å². The molecule has 0 radical (unpaired) electrons. The van der Waals surface area contributed by atoms with Crippen LogP contribution in [0.1, 0.15) is 70.4 Å². The molecule has 45 heavy (non-hydrogen) atoms. The van der Waals surface area contributed by atoms with Crippen LogP contribution in [0.4, 0.5) is 17.1 Å². The number of hydrogen-bond donors (Lipinski definition) is 2. The Hall–Kier alpha value is -3.85. The predicted octanol–water partition coefficient (Wildman–Crippen LogP) is 4.70. The lowest BCUT2D eigenvalue weighted by atomic mass is 9.73. The summed E-state index contributed by atoms with van der Waals surface area (Å²) in [5, 5.41) is 3.65. The van der Waals surface area contributed by atoms with Crippen molar-refractivity contribution < 1.29 is 14.4 Å². The van der Waals surface area contributed by atoms with Gasteiger partial charge in [0.25, 0.3) is 0 Å². The van der Waals surface area contributed by atoms with E-state index in [0.717, 1.165) is 66.2 Å². The molecule has 2 aromatic rings. The van der Waals surface area contributed by atoms with Gasteiger partial charge < -0.3 is 25.8 Å². The Balaban J connectivity index is 1.35. The average molecular weight is 613 g/mol. The number of allylic oxidation sites excluding steroid dienone is 1. The Morgan fingerprint density at radius 3 is 2.24 bits per heavy atom. The Labute approximate surface area is 267 Å². The van der Waals surface area contributed by atoms with Crippen molar-refractivity contribution in [2.45, 2.75) is 70.4 Å². The zero-order valence-corrected chi connectivity index (χ0v) is 27.3. The van der Waals surface area contributed by atoms with Crippen molar-refractivity contribution in [3.8, 4) is 0 Å². The number of carbonyl (C=O) groups excluding carboxylic acids is 3. The van der Waals surface area contributed by atoms with Crippen LogP contribution in [0.15, 0.2) is 59.8 Å². The molecule has 1 unspecified atom stereocenters. The number of nitrogens with one attached hydrogen (secondary N) is 1. The highest BCUT2D eigenvalue weighted by Gasteiger charge is 2.47. The standard InChI is InChI=1S/C36H48N6O3/c1-35(2)22-28-32(30(43)23-35)33(25-12-14-26(15-13-25)39(3)4)42(29-11-7-6-10-27(29)38-28)24-31(44)40-20-16-36(17-21-40,34(37)45)41-18-8-5-9-19-41/h6-7,10-15,33,38H,5,8-9,16-24H2,1-4H3,(H2,37,45). The first-order chi connectivity index (χ1) is 21.5. The van der Waals surface area contributed by atoms with Crippen LogP contribution < -0.4 is 20.9 Å². The smallest absolute Gasteiger partial charge is 0.242 e. The number of likely N-dealkylation sites (tertiary alicyclic amines) is 2. The number of para-hydroxylation sites is 2. The highest BCUT2D eigenvalue weighted by atomic mass is 16.2. The lowest BCUT2D eigenvalue weighted by molar-refractivity contribution is -0.141. The van der Waals surface area contributed by atoms with Gasteiger partial charge in [-0.2, -0.15) is 0 Å². The van der Waals surface area contributed by atoms with Crippen LogP contribution in [-0.4, -0.2) is 79.8 Å². The van der Waals surface area contributed by atoms with Crippen LogP contribution in [0.3, 0.4) is 0 Å². The lowest BCUT2D eigenvalue weighted by Crippen LogP contribution is -2.64. The molecule has 6 rings (SSSR count). The first kappa shape index (κ1) is 31.1. The molecule has 3 heterocycles. The van der Waals surface area contributed by atoms with E-state index >= 15 is 0 Å². The fraction of sp³-hybridized carbons (Fsp3) is 0.528. The van der Waals surface area contributed by atoms with E-state index in [-0.39, 0.29) is 29.6 Å². The molecular weight excluding hydrogens is 564 g/mol. The predicted molar refractivity (Wildman–Crippen MR) is 179 cm³/mol. The monoisotopic (exact) mass is 612 g/mol. The Morgan fingerprint density at radius 1 is 0.933 bits per heavy atom. The first-order valence-electron chi connectivity index (χ1n) is 16.5. The van der Waals surface area contributed by atoms with Crippen molar-refractivity contribution in [1.29, 1.82) is 0 Å². The highest BCUT2D eigenvalue weighted by molar-refractivity contribution is 6.02. The van der Waals surface area contributed by atoms with Gasteiger partial charge >= 0.3 is 0 Å².